The lowest BCUT2D eigenvalue weighted by molar-refractivity contribution is -0.155. The van der Waals surface area contributed by atoms with E-state index < -0.39 is 0 Å². The molecule has 2 amide bonds. The topological polar surface area (TPSA) is 78.7 Å². The van der Waals surface area contributed by atoms with E-state index in [0.717, 1.165) is 25.9 Å². The van der Waals surface area contributed by atoms with Crippen LogP contribution in [0.3, 0.4) is 0 Å². The summed E-state index contributed by atoms with van der Waals surface area (Å²) in [5.74, 6) is 0.520. The number of aromatic nitrogens is 2. The fourth-order valence-electron chi connectivity index (χ4n) is 3.56. The molecular weight excluding hydrogens is 296 g/mol. The molecule has 3 fully saturated rings. The van der Waals surface area contributed by atoms with Crippen LogP contribution in [0.4, 0.5) is 0 Å². The number of likely N-dealkylation sites (tertiary alicyclic amines) is 2. The number of aliphatic hydroxyl groups excluding tert-OH is 1. The molecule has 4 rings (SSSR count). The molecule has 1 saturated carbocycles. The molecule has 1 aromatic rings. The van der Waals surface area contributed by atoms with Crippen molar-refractivity contribution in [3.05, 3.63) is 18.2 Å². The monoisotopic (exact) mass is 318 g/mol. The van der Waals surface area contributed by atoms with Crippen LogP contribution in [0.25, 0.3) is 0 Å². The van der Waals surface area contributed by atoms with Crippen LogP contribution in [-0.2, 0) is 4.79 Å². The number of imidazole rings is 1. The Morgan fingerprint density at radius 3 is 2.57 bits per heavy atom. The number of hydrogen-bond donors (Lipinski definition) is 1. The van der Waals surface area contributed by atoms with Crippen LogP contribution in [0, 0.1) is 11.3 Å². The quantitative estimate of drug-likeness (QED) is 0.856. The van der Waals surface area contributed by atoms with E-state index in [1.54, 1.807) is 22.0 Å². The summed E-state index contributed by atoms with van der Waals surface area (Å²) in [6.45, 7) is 4.89. The fourth-order valence-corrected chi connectivity index (χ4v) is 3.56. The Hall–Kier alpha value is -1.89. The minimum absolute atomic E-state index is 0.0155. The van der Waals surface area contributed by atoms with Crippen LogP contribution < -0.4 is 0 Å². The predicted molar refractivity (Wildman–Crippen MR) is 81.7 cm³/mol. The second-order valence-electron chi connectivity index (χ2n) is 7.37. The van der Waals surface area contributed by atoms with Crippen LogP contribution in [0.1, 0.15) is 36.3 Å². The van der Waals surface area contributed by atoms with Gasteiger partial charge in [0.1, 0.15) is 5.69 Å². The number of carbonyl (C=O) groups excluding carboxylic acids is 2. The minimum Gasteiger partial charge on any atom is -0.394 e. The summed E-state index contributed by atoms with van der Waals surface area (Å²) >= 11 is 0. The lowest BCUT2D eigenvalue weighted by Crippen LogP contribution is -2.73. The van der Waals surface area contributed by atoms with Crippen molar-refractivity contribution >= 4 is 11.8 Å². The average molecular weight is 318 g/mol. The summed E-state index contributed by atoms with van der Waals surface area (Å²) in [6.07, 6.45) is 5.37. The van der Waals surface area contributed by atoms with E-state index in [1.807, 2.05) is 11.8 Å². The normalized spacial score (nSPS) is 23.4. The summed E-state index contributed by atoms with van der Waals surface area (Å²) in [6, 6.07) is -0.0830. The van der Waals surface area contributed by atoms with Crippen molar-refractivity contribution in [3.63, 3.8) is 0 Å². The molecule has 0 aromatic carbocycles. The van der Waals surface area contributed by atoms with Crippen molar-refractivity contribution in [2.45, 2.75) is 25.8 Å². The highest BCUT2D eigenvalue weighted by Crippen LogP contribution is 2.43. The second kappa shape index (κ2) is 5.06. The summed E-state index contributed by atoms with van der Waals surface area (Å²) in [7, 11) is 0. The first-order valence-electron chi connectivity index (χ1n) is 8.24. The van der Waals surface area contributed by atoms with Gasteiger partial charge in [-0.25, -0.2) is 4.98 Å². The molecule has 0 unspecified atom stereocenters. The molecule has 2 aliphatic heterocycles. The van der Waals surface area contributed by atoms with Crippen molar-refractivity contribution in [1.82, 2.24) is 19.4 Å². The minimum atomic E-state index is -0.0830. The Kier molecular flexibility index (Phi) is 3.23. The smallest absolute Gasteiger partial charge is 0.274 e. The van der Waals surface area contributed by atoms with Crippen LogP contribution in [-0.4, -0.2) is 69.1 Å². The Balaban J connectivity index is 1.31. The van der Waals surface area contributed by atoms with Gasteiger partial charge in [-0.3, -0.25) is 9.59 Å². The molecule has 7 heteroatoms. The molecule has 1 aliphatic carbocycles. The Morgan fingerprint density at radius 2 is 1.96 bits per heavy atom. The molecule has 1 atom stereocenters. The van der Waals surface area contributed by atoms with Gasteiger partial charge in [0, 0.05) is 43.7 Å². The van der Waals surface area contributed by atoms with Gasteiger partial charge in [-0.1, -0.05) is 0 Å². The van der Waals surface area contributed by atoms with Gasteiger partial charge in [-0.2, -0.15) is 0 Å². The number of rotatable bonds is 4. The largest absolute Gasteiger partial charge is 0.394 e. The standard InChI is InChI=1S/C16H22N4O3/c1-11(5-21)18-4-13(17-10-18)15(23)20-8-16(9-20)6-19(7-16)14(22)12-2-3-12/h4,10-12,21H,2-3,5-9H2,1H3/t11-/m0/s1. The molecule has 7 nitrogen and oxygen atoms in total. The molecule has 1 aromatic heterocycles. The third-order valence-electron chi connectivity index (χ3n) is 5.22. The van der Waals surface area contributed by atoms with Crippen molar-refractivity contribution in [2.75, 3.05) is 32.8 Å². The zero-order valence-electron chi connectivity index (χ0n) is 13.3. The van der Waals surface area contributed by atoms with Gasteiger partial charge in [0.25, 0.3) is 5.91 Å². The van der Waals surface area contributed by atoms with Gasteiger partial charge in [0.15, 0.2) is 0 Å². The maximum atomic E-state index is 12.4. The Labute approximate surface area is 134 Å². The van der Waals surface area contributed by atoms with E-state index in [1.165, 1.54) is 0 Å². The molecule has 2 saturated heterocycles. The second-order valence-corrected chi connectivity index (χ2v) is 7.37. The van der Waals surface area contributed by atoms with Crippen molar-refractivity contribution < 1.29 is 14.7 Å². The summed E-state index contributed by atoms with van der Waals surface area (Å²) in [4.78, 5) is 32.3. The van der Waals surface area contributed by atoms with Gasteiger partial charge >= 0.3 is 0 Å². The van der Waals surface area contributed by atoms with E-state index in [4.69, 9.17) is 5.11 Å². The van der Waals surface area contributed by atoms with E-state index in [9.17, 15) is 9.59 Å². The van der Waals surface area contributed by atoms with Crippen LogP contribution in [0.2, 0.25) is 0 Å². The Morgan fingerprint density at radius 1 is 1.30 bits per heavy atom. The predicted octanol–water partition coefficient (Wildman–Crippen LogP) is 0.131. The molecular formula is C16H22N4O3. The first-order valence-corrected chi connectivity index (χ1v) is 8.24. The lowest BCUT2D eigenvalue weighted by Gasteiger charge is -2.60. The molecule has 23 heavy (non-hydrogen) atoms. The lowest BCUT2D eigenvalue weighted by atomic mass is 9.72. The number of aliphatic hydroxyl groups is 1. The molecule has 124 valence electrons. The van der Waals surface area contributed by atoms with E-state index in [-0.39, 0.29) is 29.9 Å². The molecule has 1 N–H and O–H groups in total. The van der Waals surface area contributed by atoms with Crippen molar-refractivity contribution in [3.8, 4) is 0 Å². The zero-order chi connectivity index (χ0) is 16.2. The van der Waals surface area contributed by atoms with Crippen LogP contribution >= 0.6 is 0 Å². The summed E-state index contributed by atoms with van der Waals surface area (Å²) in [5, 5.41) is 9.15. The average Bonchev–Trinajstić information content (AvgIpc) is 3.20. The molecule has 3 heterocycles. The highest BCUT2D eigenvalue weighted by molar-refractivity contribution is 5.93. The molecule has 3 aliphatic rings. The first-order chi connectivity index (χ1) is 11.0. The Bertz CT molecular complexity index is 638. The van der Waals surface area contributed by atoms with E-state index in [2.05, 4.69) is 4.98 Å². The number of nitrogens with zero attached hydrogens (tertiary/aromatic N) is 4. The van der Waals surface area contributed by atoms with Crippen molar-refractivity contribution in [1.29, 1.82) is 0 Å². The summed E-state index contributed by atoms with van der Waals surface area (Å²) in [5.41, 5.74) is 0.548. The van der Waals surface area contributed by atoms with Crippen LogP contribution in [0.5, 0.6) is 0 Å². The van der Waals surface area contributed by atoms with E-state index in [0.29, 0.717) is 24.7 Å². The maximum absolute atomic E-state index is 12.4. The number of amides is 2. The SMILES string of the molecule is C[C@@H](CO)n1cnc(C(=O)N2CC3(C2)CN(C(=O)C2CC2)C3)c1. The zero-order valence-corrected chi connectivity index (χ0v) is 13.3. The first kappa shape index (κ1) is 14.7. The van der Waals surface area contributed by atoms with Gasteiger partial charge in [0.2, 0.25) is 5.91 Å². The highest BCUT2D eigenvalue weighted by atomic mass is 16.3. The van der Waals surface area contributed by atoms with Gasteiger partial charge in [-0.05, 0) is 19.8 Å². The summed E-state index contributed by atoms with van der Waals surface area (Å²) < 4.78 is 1.75. The van der Waals surface area contributed by atoms with Gasteiger partial charge < -0.3 is 19.5 Å². The van der Waals surface area contributed by atoms with Gasteiger partial charge in [-0.15, -0.1) is 0 Å². The molecule has 1 spiro atoms. The third kappa shape index (κ3) is 2.43. The highest BCUT2D eigenvalue weighted by Gasteiger charge is 2.55. The maximum Gasteiger partial charge on any atom is 0.274 e. The van der Waals surface area contributed by atoms with Gasteiger partial charge in [0.05, 0.1) is 19.0 Å². The van der Waals surface area contributed by atoms with E-state index >= 15 is 0 Å². The number of hydrogen-bond acceptors (Lipinski definition) is 4. The fraction of sp³-hybridized carbons (Fsp3) is 0.688. The van der Waals surface area contributed by atoms with Crippen LogP contribution in [0.15, 0.2) is 12.5 Å². The molecule has 0 bridgehead atoms. The third-order valence-corrected chi connectivity index (χ3v) is 5.22. The van der Waals surface area contributed by atoms with Crippen molar-refractivity contribution in [2.24, 2.45) is 11.3 Å². The number of carbonyl (C=O) groups is 2. The molecule has 0 radical (unpaired) electrons.